The number of esters is 1. The molecule has 0 saturated carbocycles. The number of fused-ring (bicyclic) bond motifs is 1. The van der Waals surface area contributed by atoms with Crippen LogP contribution < -0.4 is 4.90 Å². The summed E-state index contributed by atoms with van der Waals surface area (Å²) in [6.07, 6.45) is 0. The molecule has 0 fully saturated rings. The van der Waals surface area contributed by atoms with Gasteiger partial charge in [0.25, 0.3) is 0 Å². The average Bonchev–Trinajstić information content (AvgIpc) is 2.86. The van der Waals surface area contributed by atoms with E-state index >= 15 is 0 Å². The van der Waals surface area contributed by atoms with Crippen LogP contribution in [0.2, 0.25) is 5.28 Å². The smallest absolute Gasteiger partial charge is 0.348 e. The van der Waals surface area contributed by atoms with Gasteiger partial charge in [-0.2, -0.15) is 4.98 Å². The Morgan fingerprint density at radius 2 is 2.12 bits per heavy atom. The monoisotopic (exact) mass is 371 g/mol. The summed E-state index contributed by atoms with van der Waals surface area (Å²) in [5.74, 6) is 0.559. The molecule has 0 amide bonds. The van der Waals surface area contributed by atoms with Gasteiger partial charge < -0.3 is 14.7 Å². The summed E-state index contributed by atoms with van der Waals surface area (Å²) in [7, 11) is 0. The first-order valence-corrected chi connectivity index (χ1v) is 9.08. The zero-order chi connectivity index (χ0) is 17.9. The van der Waals surface area contributed by atoms with E-state index in [1.54, 1.807) is 0 Å². The van der Waals surface area contributed by atoms with Crippen molar-refractivity contribution in [2.45, 2.75) is 27.7 Å². The summed E-state index contributed by atoms with van der Waals surface area (Å²) in [4.78, 5) is 24.0. The molecule has 2 rings (SSSR count). The predicted octanol–water partition coefficient (Wildman–Crippen LogP) is 3.28. The predicted molar refractivity (Wildman–Crippen MR) is 97.3 cm³/mol. The first-order valence-electron chi connectivity index (χ1n) is 7.88. The highest BCUT2D eigenvalue weighted by molar-refractivity contribution is 7.20. The van der Waals surface area contributed by atoms with Gasteiger partial charge in [-0.15, -0.1) is 11.3 Å². The van der Waals surface area contributed by atoms with E-state index in [0.29, 0.717) is 35.2 Å². The van der Waals surface area contributed by atoms with Crippen molar-refractivity contribution < 1.29 is 14.6 Å². The van der Waals surface area contributed by atoms with Crippen LogP contribution in [0.15, 0.2) is 0 Å². The highest BCUT2D eigenvalue weighted by Crippen LogP contribution is 2.36. The van der Waals surface area contributed by atoms with Gasteiger partial charge in [0.05, 0.1) is 18.6 Å². The normalized spacial score (nSPS) is 11.3. The Bertz CT molecular complexity index is 733. The quantitative estimate of drug-likeness (QED) is 0.594. The first-order chi connectivity index (χ1) is 11.4. The second kappa shape index (κ2) is 8.09. The summed E-state index contributed by atoms with van der Waals surface area (Å²) >= 11 is 7.31. The Balaban J connectivity index is 2.51. The van der Waals surface area contributed by atoms with Gasteiger partial charge in [0.1, 0.15) is 15.5 Å². The SMILES string of the molecule is CCN(CCO)c1nc(Cl)nc2sc(C(=O)OCC(C)C)c(C)c12. The highest BCUT2D eigenvalue weighted by atomic mass is 35.5. The molecule has 0 spiro atoms. The molecule has 2 aromatic rings. The largest absolute Gasteiger partial charge is 0.461 e. The van der Waals surface area contributed by atoms with Crippen LogP contribution in [0, 0.1) is 12.8 Å². The number of thiophene rings is 1. The molecular weight excluding hydrogens is 350 g/mol. The maximum absolute atomic E-state index is 12.4. The molecule has 8 heteroatoms. The maximum Gasteiger partial charge on any atom is 0.348 e. The van der Waals surface area contributed by atoms with Gasteiger partial charge in [-0.3, -0.25) is 0 Å². The van der Waals surface area contributed by atoms with Crippen LogP contribution >= 0.6 is 22.9 Å². The summed E-state index contributed by atoms with van der Waals surface area (Å²) in [6.45, 7) is 9.27. The topological polar surface area (TPSA) is 75.5 Å². The number of rotatable bonds is 7. The van der Waals surface area contributed by atoms with Crippen molar-refractivity contribution >= 4 is 44.9 Å². The van der Waals surface area contributed by atoms with E-state index in [0.717, 1.165) is 10.9 Å². The molecule has 24 heavy (non-hydrogen) atoms. The van der Waals surface area contributed by atoms with E-state index in [2.05, 4.69) is 9.97 Å². The van der Waals surface area contributed by atoms with Crippen LogP contribution in [-0.2, 0) is 4.74 Å². The molecule has 0 atom stereocenters. The lowest BCUT2D eigenvalue weighted by molar-refractivity contribution is 0.0464. The number of aliphatic hydroxyl groups excluding tert-OH is 1. The molecule has 0 bridgehead atoms. The molecule has 0 aliphatic heterocycles. The number of hydrogen-bond donors (Lipinski definition) is 1. The second-order valence-electron chi connectivity index (χ2n) is 5.85. The number of nitrogens with zero attached hydrogens (tertiary/aromatic N) is 3. The molecule has 0 saturated heterocycles. The molecule has 6 nitrogen and oxygen atoms in total. The fourth-order valence-corrected chi connectivity index (χ4v) is 3.64. The minimum absolute atomic E-state index is 0.00340. The number of anilines is 1. The fraction of sp³-hybridized carbons (Fsp3) is 0.562. The summed E-state index contributed by atoms with van der Waals surface area (Å²) in [6, 6.07) is 0. The van der Waals surface area contributed by atoms with Crippen LogP contribution in [-0.4, -0.2) is 47.3 Å². The number of likely N-dealkylation sites (N-methyl/N-ethyl adjacent to an activating group) is 1. The number of halogens is 1. The Hall–Kier alpha value is -1.44. The molecule has 0 aliphatic rings. The van der Waals surface area contributed by atoms with E-state index in [-0.39, 0.29) is 23.8 Å². The zero-order valence-electron chi connectivity index (χ0n) is 14.3. The number of carbonyl (C=O) groups is 1. The second-order valence-corrected chi connectivity index (χ2v) is 7.19. The Labute approximate surface area is 150 Å². The molecular formula is C16H22ClN3O3S. The van der Waals surface area contributed by atoms with Crippen molar-refractivity contribution in [2.75, 3.05) is 31.2 Å². The zero-order valence-corrected chi connectivity index (χ0v) is 15.9. The molecule has 2 aromatic heterocycles. The number of carbonyl (C=O) groups excluding carboxylic acids is 1. The van der Waals surface area contributed by atoms with Crippen molar-refractivity contribution in [3.8, 4) is 0 Å². The summed E-state index contributed by atoms with van der Waals surface area (Å²) < 4.78 is 5.34. The minimum atomic E-state index is -0.350. The van der Waals surface area contributed by atoms with E-state index < -0.39 is 0 Å². The van der Waals surface area contributed by atoms with Gasteiger partial charge in [-0.25, -0.2) is 9.78 Å². The number of aromatic nitrogens is 2. The molecule has 0 unspecified atom stereocenters. The summed E-state index contributed by atoms with van der Waals surface area (Å²) in [5.41, 5.74) is 0.784. The Morgan fingerprint density at radius 3 is 2.71 bits per heavy atom. The van der Waals surface area contributed by atoms with Crippen LogP contribution in [0.4, 0.5) is 5.82 Å². The van der Waals surface area contributed by atoms with Crippen molar-refractivity contribution in [3.05, 3.63) is 15.7 Å². The molecule has 0 aromatic carbocycles. The van der Waals surface area contributed by atoms with Crippen molar-refractivity contribution in [3.63, 3.8) is 0 Å². The standard InChI is InChI=1S/C16H22ClN3O3S/c1-5-20(6-7-21)13-11-10(4)12(15(22)23-8-9(2)3)24-14(11)19-16(17)18-13/h9,21H,5-8H2,1-4H3. The van der Waals surface area contributed by atoms with Gasteiger partial charge in [0.15, 0.2) is 0 Å². The summed E-state index contributed by atoms with van der Waals surface area (Å²) in [5, 5.41) is 10.2. The van der Waals surface area contributed by atoms with Gasteiger partial charge >= 0.3 is 5.97 Å². The average molecular weight is 372 g/mol. The van der Waals surface area contributed by atoms with Gasteiger partial charge in [-0.1, -0.05) is 13.8 Å². The number of aliphatic hydroxyl groups is 1. The Kier molecular flexibility index (Phi) is 6.37. The maximum atomic E-state index is 12.4. The number of aryl methyl sites for hydroxylation is 1. The fourth-order valence-electron chi connectivity index (χ4n) is 2.36. The lowest BCUT2D eigenvalue weighted by Crippen LogP contribution is -2.27. The molecule has 0 aliphatic carbocycles. The molecule has 2 heterocycles. The van der Waals surface area contributed by atoms with Crippen LogP contribution in [0.25, 0.3) is 10.2 Å². The van der Waals surface area contributed by atoms with Crippen molar-refractivity contribution in [2.24, 2.45) is 5.92 Å². The van der Waals surface area contributed by atoms with E-state index in [4.69, 9.17) is 16.3 Å². The van der Waals surface area contributed by atoms with Crippen LogP contribution in [0.5, 0.6) is 0 Å². The van der Waals surface area contributed by atoms with Crippen molar-refractivity contribution in [1.82, 2.24) is 9.97 Å². The third-order valence-corrected chi connectivity index (χ3v) is 4.86. The number of ether oxygens (including phenoxy) is 1. The van der Waals surface area contributed by atoms with Crippen molar-refractivity contribution in [1.29, 1.82) is 0 Å². The van der Waals surface area contributed by atoms with E-state index in [1.807, 2.05) is 32.6 Å². The van der Waals surface area contributed by atoms with Gasteiger partial charge in [-0.05, 0) is 36.9 Å². The lowest BCUT2D eigenvalue weighted by Gasteiger charge is -2.21. The molecule has 1 N–H and O–H groups in total. The lowest BCUT2D eigenvalue weighted by atomic mass is 10.2. The van der Waals surface area contributed by atoms with Crippen LogP contribution in [0.3, 0.4) is 0 Å². The van der Waals surface area contributed by atoms with E-state index in [1.165, 1.54) is 11.3 Å². The number of hydrogen-bond acceptors (Lipinski definition) is 7. The molecule has 0 radical (unpaired) electrons. The van der Waals surface area contributed by atoms with Gasteiger partial charge in [0, 0.05) is 13.1 Å². The minimum Gasteiger partial charge on any atom is -0.461 e. The highest BCUT2D eigenvalue weighted by Gasteiger charge is 2.23. The van der Waals surface area contributed by atoms with Gasteiger partial charge in [0.2, 0.25) is 5.28 Å². The third kappa shape index (κ3) is 3.96. The molecule has 132 valence electrons. The first kappa shape index (κ1) is 18.9. The Morgan fingerprint density at radius 1 is 1.42 bits per heavy atom. The third-order valence-electron chi connectivity index (χ3n) is 3.53. The van der Waals surface area contributed by atoms with Crippen LogP contribution in [0.1, 0.15) is 36.0 Å². The van der Waals surface area contributed by atoms with E-state index in [9.17, 15) is 9.90 Å².